The van der Waals surface area contributed by atoms with E-state index in [2.05, 4.69) is 4.98 Å². The summed E-state index contributed by atoms with van der Waals surface area (Å²) in [6.07, 6.45) is 8.29. The van der Waals surface area contributed by atoms with Crippen LogP contribution in [0.3, 0.4) is 0 Å². The highest BCUT2D eigenvalue weighted by atomic mass is 16.5. The summed E-state index contributed by atoms with van der Waals surface area (Å²) in [4.78, 5) is 15.5. The van der Waals surface area contributed by atoms with Gasteiger partial charge in [-0.3, -0.25) is 4.79 Å². The quantitative estimate of drug-likeness (QED) is 0.251. The molecule has 0 aliphatic heterocycles. The lowest BCUT2D eigenvalue weighted by Crippen LogP contribution is -2.08. The molecule has 2 heterocycles. The number of carbonyl (C=O) groups is 1. The van der Waals surface area contributed by atoms with Gasteiger partial charge in [-0.2, -0.15) is 0 Å². The normalized spacial score (nSPS) is 11.2. The van der Waals surface area contributed by atoms with Gasteiger partial charge in [-0.15, -0.1) is 0 Å². The van der Waals surface area contributed by atoms with Crippen molar-refractivity contribution in [1.82, 2.24) is 14.1 Å². The topological polar surface area (TPSA) is 78.5 Å². The second kappa shape index (κ2) is 10.3. The van der Waals surface area contributed by atoms with Crippen LogP contribution in [-0.2, 0) is 11.3 Å². The van der Waals surface area contributed by atoms with Gasteiger partial charge in [0.25, 0.3) is 0 Å². The lowest BCUT2D eigenvalue weighted by molar-refractivity contribution is -0.137. The summed E-state index contributed by atoms with van der Waals surface area (Å²) in [6, 6.07) is 21.7. The van der Waals surface area contributed by atoms with Crippen LogP contribution < -0.4 is 9.47 Å². The molecule has 1 N–H and O–H groups in total. The number of para-hydroxylation sites is 1. The van der Waals surface area contributed by atoms with Gasteiger partial charge in [0.2, 0.25) is 0 Å². The molecule has 0 amide bonds. The molecule has 0 fully saturated rings. The van der Waals surface area contributed by atoms with Crippen molar-refractivity contribution in [3.63, 3.8) is 0 Å². The monoisotopic (exact) mass is 469 g/mol. The van der Waals surface area contributed by atoms with E-state index in [-0.39, 0.29) is 6.54 Å². The first-order valence-electron chi connectivity index (χ1n) is 11.8. The number of ether oxygens (including phenoxy) is 2. The van der Waals surface area contributed by atoms with Crippen LogP contribution in [0.25, 0.3) is 27.5 Å². The number of carboxylic acids is 1. The van der Waals surface area contributed by atoms with E-state index in [0.29, 0.717) is 13.2 Å². The van der Waals surface area contributed by atoms with Gasteiger partial charge < -0.3 is 23.7 Å². The van der Waals surface area contributed by atoms with Crippen LogP contribution in [0, 0.1) is 0 Å². The first-order valence-corrected chi connectivity index (χ1v) is 11.8. The molecule has 0 saturated heterocycles. The minimum Gasteiger partial charge on any atom is -0.494 e. The Morgan fingerprint density at radius 2 is 1.54 bits per heavy atom. The zero-order chi connectivity index (χ0) is 24.0. The number of nitrogens with zero attached hydrogens (tertiary/aromatic N) is 3. The fourth-order valence-corrected chi connectivity index (χ4v) is 4.31. The molecule has 5 rings (SSSR count). The van der Waals surface area contributed by atoms with Crippen LogP contribution >= 0.6 is 0 Å². The highest BCUT2D eigenvalue weighted by Gasteiger charge is 2.13. The molecule has 0 aliphatic carbocycles. The molecule has 0 bridgehead atoms. The van der Waals surface area contributed by atoms with Crippen molar-refractivity contribution in [3.05, 3.63) is 85.5 Å². The number of aromatic nitrogens is 3. The molecule has 0 radical (unpaired) electrons. The van der Waals surface area contributed by atoms with E-state index in [4.69, 9.17) is 9.47 Å². The highest BCUT2D eigenvalue weighted by molar-refractivity contribution is 6.08. The van der Waals surface area contributed by atoms with Gasteiger partial charge in [-0.05, 0) is 61.7 Å². The number of imidazole rings is 1. The number of hydrogen-bond donors (Lipinski definition) is 1. The van der Waals surface area contributed by atoms with Gasteiger partial charge in [-0.25, -0.2) is 4.98 Å². The molecule has 2 aromatic heterocycles. The molecule has 3 aromatic carbocycles. The second-order valence-electron chi connectivity index (χ2n) is 8.40. The SMILES string of the molecule is O=C(O)Cn1c2ccccc2c2ccc(OCCCCCOc3ccc(-n4ccnc4)cc3)cc21. The molecule has 0 spiro atoms. The third-order valence-corrected chi connectivity index (χ3v) is 6.00. The molecular formula is C28H27N3O4. The lowest BCUT2D eigenvalue weighted by atomic mass is 10.1. The van der Waals surface area contributed by atoms with Crippen LogP contribution in [0.1, 0.15) is 19.3 Å². The van der Waals surface area contributed by atoms with Crippen molar-refractivity contribution in [3.8, 4) is 17.2 Å². The van der Waals surface area contributed by atoms with Crippen molar-refractivity contribution in [2.45, 2.75) is 25.8 Å². The molecule has 0 unspecified atom stereocenters. The molecule has 7 heteroatoms. The minimum atomic E-state index is -0.865. The zero-order valence-electron chi connectivity index (χ0n) is 19.3. The summed E-state index contributed by atoms with van der Waals surface area (Å²) < 4.78 is 15.6. The Bertz CT molecular complexity index is 1420. The molecular weight excluding hydrogens is 442 g/mol. The van der Waals surface area contributed by atoms with E-state index in [1.165, 1.54) is 0 Å². The number of hydrogen-bond acceptors (Lipinski definition) is 4. The first-order chi connectivity index (χ1) is 17.2. The fraction of sp³-hybridized carbons (Fsp3) is 0.214. The highest BCUT2D eigenvalue weighted by Crippen LogP contribution is 2.31. The zero-order valence-corrected chi connectivity index (χ0v) is 19.3. The smallest absolute Gasteiger partial charge is 0.323 e. The van der Waals surface area contributed by atoms with Crippen molar-refractivity contribution < 1.29 is 19.4 Å². The lowest BCUT2D eigenvalue weighted by Gasteiger charge is -2.09. The predicted octanol–water partition coefficient (Wildman–Crippen LogP) is 5.69. The van der Waals surface area contributed by atoms with Crippen molar-refractivity contribution >= 4 is 27.8 Å². The Hall–Kier alpha value is -4.26. The number of carboxylic acid groups (broad SMARTS) is 1. The minimum absolute atomic E-state index is 0.0836. The van der Waals surface area contributed by atoms with E-state index < -0.39 is 5.97 Å². The van der Waals surface area contributed by atoms with Crippen molar-refractivity contribution in [2.24, 2.45) is 0 Å². The molecule has 35 heavy (non-hydrogen) atoms. The number of fused-ring (bicyclic) bond motifs is 3. The van der Waals surface area contributed by atoms with Gasteiger partial charge >= 0.3 is 5.97 Å². The number of rotatable bonds is 11. The summed E-state index contributed by atoms with van der Waals surface area (Å²) in [5, 5.41) is 11.5. The Morgan fingerprint density at radius 1 is 0.829 bits per heavy atom. The maximum Gasteiger partial charge on any atom is 0.323 e. The van der Waals surface area contributed by atoms with Crippen molar-refractivity contribution in [2.75, 3.05) is 13.2 Å². The fourth-order valence-electron chi connectivity index (χ4n) is 4.31. The van der Waals surface area contributed by atoms with E-state index >= 15 is 0 Å². The van der Waals surface area contributed by atoms with E-state index in [0.717, 1.165) is 58.3 Å². The summed E-state index contributed by atoms with van der Waals surface area (Å²) >= 11 is 0. The van der Waals surface area contributed by atoms with Crippen LogP contribution in [-0.4, -0.2) is 38.4 Å². The van der Waals surface area contributed by atoms with Crippen LogP contribution in [0.5, 0.6) is 11.5 Å². The third kappa shape index (κ3) is 5.14. The van der Waals surface area contributed by atoms with E-state index in [1.54, 1.807) is 12.5 Å². The Morgan fingerprint density at radius 3 is 2.29 bits per heavy atom. The molecule has 0 aliphatic rings. The number of aliphatic carboxylic acids is 1. The van der Waals surface area contributed by atoms with Gasteiger partial charge in [0.15, 0.2) is 0 Å². The Labute approximate surface area is 203 Å². The van der Waals surface area contributed by atoms with Crippen LogP contribution in [0.2, 0.25) is 0 Å². The largest absolute Gasteiger partial charge is 0.494 e. The summed E-state index contributed by atoms with van der Waals surface area (Å²) in [5.41, 5.74) is 2.84. The van der Waals surface area contributed by atoms with Crippen LogP contribution in [0.4, 0.5) is 0 Å². The van der Waals surface area contributed by atoms with Gasteiger partial charge in [-0.1, -0.05) is 18.2 Å². The van der Waals surface area contributed by atoms with Gasteiger partial charge in [0, 0.05) is 40.4 Å². The first kappa shape index (κ1) is 22.5. The standard InChI is InChI=1S/C28H27N3O4/c32-28(33)19-31-26-7-3-2-6-24(26)25-13-12-23(18-27(25)31)35-17-5-1-4-16-34-22-10-8-21(9-11-22)30-15-14-29-20-30/h2-3,6-15,18,20H,1,4-5,16-17,19H2,(H,32,33). The second-order valence-corrected chi connectivity index (χ2v) is 8.40. The molecule has 0 atom stereocenters. The van der Waals surface area contributed by atoms with E-state index in [1.807, 2.05) is 82.1 Å². The Kier molecular flexibility index (Phi) is 6.66. The molecule has 178 valence electrons. The summed E-state index contributed by atoms with van der Waals surface area (Å²) in [5.74, 6) is 0.742. The summed E-state index contributed by atoms with van der Waals surface area (Å²) in [7, 11) is 0. The average molecular weight is 470 g/mol. The molecule has 0 saturated carbocycles. The van der Waals surface area contributed by atoms with Gasteiger partial charge in [0.05, 0.1) is 25.1 Å². The van der Waals surface area contributed by atoms with E-state index in [9.17, 15) is 9.90 Å². The Balaban J connectivity index is 1.10. The maximum atomic E-state index is 11.4. The maximum absolute atomic E-state index is 11.4. The predicted molar refractivity (Wildman–Crippen MR) is 135 cm³/mol. The molecule has 7 nitrogen and oxygen atoms in total. The van der Waals surface area contributed by atoms with Crippen LogP contribution in [0.15, 0.2) is 85.5 Å². The van der Waals surface area contributed by atoms with Crippen molar-refractivity contribution in [1.29, 1.82) is 0 Å². The van der Waals surface area contributed by atoms with Gasteiger partial charge in [0.1, 0.15) is 18.0 Å². The number of benzene rings is 3. The average Bonchev–Trinajstić information content (AvgIpc) is 3.51. The molecule has 5 aromatic rings. The third-order valence-electron chi connectivity index (χ3n) is 6.00. The summed E-state index contributed by atoms with van der Waals surface area (Å²) in [6.45, 7) is 1.18. The number of unbranched alkanes of at least 4 members (excludes halogenated alkanes) is 2.